The van der Waals surface area contributed by atoms with Gasteiger partial charge in [-0.25, -0.2) is 9.37 Å². The summed E-state index contributed by atoms with van der Waals surface area (Å²) in [5.41, 5.74) is 1.21. The molecule has 0 N–H and O–H groups in total. The fraction of sp³-hybridized carbons (Fsp3) is 0.273. The molecule has 0 bridgehead atoms. The molecular formula is C22H21FN6O2S. The van der Waals surface area contributed by atoms with Gasteiger partial charge in [0.25, 0.3) is 5.56 Å². The number of aromatic nitrogens is 5. The second-order valence-electron chi connectivity index (χ2n) is 7.40. The van der Waals surface area contributed by atoms with E-state index in [0.29, 0.717) is 65.6 Å². The van der Waals surface area contributed by atoms with Crippen molar-refractivity contribution < 1.29 is 9.13 Å². The van der Waals surface area contributed by atoms with E-state index in [1.165, 1.54) is 23.9 Å². The van der Waals surface area contributed by atoms with E-state index in [1.54, 1.807) is 23.7 Å². The number of hydrogen-bond donors (Lipinski definition) is 0. The van der Waals surface area contributed by atoms with Gasteiger partial charge in [-0.15, -0.1) is 10.2 Å². The first-order chi connectivity index (χ1) is 15.6. The zero-order valence-electron chi connectivity index (χ0n) is 17.4. The van der Waals surface area contributed by atoms with E-state index in [9.17, 15) is 9.18 Å². The zero-order valence-corrected chi connectivity index (χ0v) is 18.3. The van der Waals surface area contributed by atoms with Crippen LogP contribution in [0.2, 0.25) is 0 Å². The van der Waals surface area contributed by atoms with Crippen LogP contribution in [0.15, 0.2) is 58.5 Å². The molecule has 10 heteroatoms. The van der Waals surface area contributed by atoms with Crippen LogP contribution < -0.4 is 10.5 Å². The number of halogens is 1. The van der Waals surface area contributed by atoms with Crippen molar-refractivity contribution in [1.29, 1.82) is 0 Å². The van der Waals surface area contributed by atoms with Crippen LogP contribution in [0.25, 0.3) is 16.6 Å². The van der Waals surface area contributed by atoms with E-state index in [2.05, 4.69) is 20.1 Å². The Bertz CT molecular complexity index is 1330. The third-order valence-corrected chi connectivity index (χ3v) is 6.31. The zero-order chi connectivity index (χ0) is 22.1. The third kappa shape index (κ3) is 3.87. The number of fused-ring (bicyclic) bond motifs is 1. The maximum absolute atomic E-state index is 14.0. The molecule has 1 aliphatic rings. The molecule has 1 saturated heterocycles. The Morgan fingerprint density at radius 2 is 1.91 bits per heavy atom. The Hall–Kier alpha value is -3.24. The summed E-state index contributed by atoms with van der Waals surface area (Å²) >= 11 is 1.40. The van der Waals surface area contributed by atoms with Gasteiger partial charge in [0.05, 0.1) is 35.6 Å². The standard InChI is InChI=1S/C22H21FN6O2S/c1-27-19(24-18-8-3-2-7-17(18)20(27)30)14-32-22-26-25-21(28-9-11-31-12-10-28)29(22)16-6-4-5-15(23)13-16/h2-8,13H,9-12,14H2,1H3. The Morgan fingerprint density at radius 1 is 1.09 bits per heavy atom. The average Bonchev–Trinajstić information content (AvgIpc) is 3.25. The molecule has 32 heavy (non-hydrogen) atoms. The molecule has 0 amide bonds. The number of nitrogens with zero attached hydrogens (tertiary/aromatic N) is 6. The molecule has 8 nitrogen and oxygen atoms in total. The summed E-state index contributed by atoms with van der Waals surface area (Å²) in [5, 5.41) is 9.96. The van der Waals surface area contributed by atoms with Crippen LogP contribution in [-0.4, -0.2) is 50.6 Å². The first-order valence-electron chi connectivity index (χ1n) is 10.2. The molecule has 0 aliphatic carbocycles. The first kappa shape index (κ1) is 20.7. The highest BCUT2D eigenvalue weighted by Gasteiger charge is 2.22. The summed E-state index contributed by atoms with van der Waals surface area (Å²) in [4.78, 5) is 19.5. The highest BCUT2D eigenvalue weighted by atomic mass is 32.2. The summed E-state index contributed by atoms with van der Waals surface area (Å²) in [7, 11) is 1.72. The van der Waals surface area contributed by atoms with Crippen LogP contribution in [0, 0.1) is 5.82 Å². The van der Waals surface area contributed by atoms with Gasteiger partial charge in [-0.3, -0.25) is 13.9 Å². The Labute approximate surface area is 187 Å². The molecule has 0 radical (unpaired) electrons. The summed E-state index contributed by atoms with van der Waals surface area (Å²) < 4.78 is 22.9. The van der Waals surface area contributed by atoms with Crippen LogP contribution in [-0.2, 0) is 17.5 Å². The van der Waals surface area contributed by atoms with Crippen molar-refractivity contribution in [2.24, 2.45) is 7.05 Å². The van der Waals surface area contributed by atoms with E-state index in [4.69, 9.17) is 4.74 Å². The van der Waals surface area contributed by atoms with Crippen molar-refractivity contribution in [1.82, 2.24) is 24.3 Å². The van der Waals surface area contributed by atoms with E-state index < -0.39 is 0 Å². The average molecular weight is 453 g/mol. The van der Waals surface area contributed by atoms with Crippen molar-refractivity contribution in [2.75, 3.05) is 31.2 Å². The maximum atomic E-state index is 14.0. The summed E-state index contributed by atoms with van der Waals surface area (Å²) in [5.74, 6) is 1.34. The Morgan fingerprint density at radius 3 is 2.72 bits per heavy atom. The van der Waals surface area contributed by atoms with Crippen molar-refractivity contribution >= 4 is 28.6 Å². The highest BCUT2D eigenvalue weighted by Crippen LogP contribution is 2.29. The minimum absolute atomic E-state index is 0.0909. The lowest BCUT2D eigenvalue weighted by Crippen LogP contribution is -2.37. The lowest BCUT2D eigenvalue weighted by atomic mass is 10.2. The van der Waals surface area contributed by atoms with Crippen LogP contribution in [0.5, 0.6) is 0 Å². The van der Waals surface area contributed by atoms with Crippen molar-refractivity contribution in [3.8, 4) is 5.69 Å². The molecule has 164 valence electrons. The summed E-state index contributed by atoms with van der Waals surface area (Å²) in [6.07, 6.45) is 0. The first-order valence-corrected chi connectivity index (χ1v) is 11.2. The molecule has 3 heterocycles. The van der Waals surface area contributed by atoms with Crippen LogP contribution in [0.3, 0.4) is 0 Å². The number of para-hydroxylation sites is 1. The molecule has 0 saturated carbocycles. The summed E-state index contributed by atoms with van der Waals surface area (Å²) in [6, 6.07) is 13.6. The predicted octanol–water partition coefficient (Wildman–Crippen LogP) is 2.78. The molecule has 0 atom stereocenters. The number of ether oxygens (including phenoxy) is 1. The number of thioether (sulfide) groups is 1. The normalized spacial score (nSPS) is 14.2. The molecule has 0 unspecified atom stereocenters. The smallest absolute Gasteiger partial charge is 0.261 e. The SMILES string of the molecule is Cn1c(CSc2nnc(N3CCOCC3)n2-c2cccc(F)c2)nc2ccccc2c1=O. The second-order valence-corrected chi connectivity index (χ2v) is 8.34. The highest BCUT2D eigenvalue weighted by molar-refractivity contribution is 7.98. The van der Waals surface area contributed by atoms with Gasteiger partial charge in [0.2, 0.25) is 5.95 Å². The monoisotopic (exact) mass is 452 g/mol. The summed E-state index contributed by atoms with van der Waals surface area (Å²) in [6.45, 7) is 2.56. The fourth-order valence-corrected chi connectivity index (χ4v) is 4.62. The number of anilines is 1. The van der Waals surface area contributed by atoms with Gasteiger partial charge >= 0.3 is 0 Å². The fourth-order valence-electron chi connectivity index (χ4n) is 3.69. The number of hydrogen-bond acceptors (Lipinski definition) is 7. The van der Waals surface area contributed by atoms with Gasteiger partial charge in [-0.05, 0) is 30.3 Å². The molecular weight excluding hydrogens is 431 g/mol. The molecule has 5 rings (SSSR count). The molecule has 1 fully saturated rings. The van der Waals surface area contributed by atoms with Gasteiger partial charge in [-0.2, -0.15) is 0 Å². The van der Waals surface area contributed by atoms with Gasteiger partial charge in [0, 0.05) is 20.1 Å². The Kier molecular flexibility index (Phi) is 5.62. The van der Waals surface area contributed by atoms with Gasteiger partial charge in [-0.1, -0.05) is 30.0 Å². The van der Waals surface area contributed by atoms with E-state index in [-0.39, 0.29) is 11.4 Å². The van der Waals surface area contributed by atoms with E-state index in [0.717, 1.165) is 0 Å². The van der Waals surface area contributed by atoms with Crippen LogP contribution in [0.4, 0.5) is 10.3 Å². The van der Waals surface area contributed by atoms with Crippen LogP contribution in [0.1, 0.15) is 5.82 Å². The van der Waals surface area contributed by atoms with Crippen molar-refractivity contribution in [3.05, 3.63) is 70.5 Å². The number of rotatable bonds is 5. The van der Waals surface area contributed by atoms with E-state index >= 15 is 0 Å². The largest absolute Gasteiger partial charge is 0.378 e. The molecule has 4 aromatic rings. The van der Waals surface area contributed by atoms with Gasteiger partial charge in [0.15, 0.2) is 5.16 Å². The minimum atomic E-state index is -0.335. The van der Waals surface area contributed by atoms with E-state index in [1.807, 2.05) is 28.8 Å². The lowest BCUT2D eigenvalue weighted by Gasteiger charge is -2.27. The Balaban J connectivity index is 1.51. The molecule has 2 aromatic heterocycles. The minimum Gasteiger partial charge on any atom is -0.378 e. The third-order valence-electron chi connectivity index (χ3n) is 5.38. The van der Waals surface area contributed by atoms with Crippen molar-refractivity contribution in [3.63, 3.8) is 0 Å². The lowest BCUT2D eigenvalue weighted by molar-refractivity contribution is 0.122. The topological polar surface area (TPSA) is 78.1 Å². The predicted molar refractivity (Wildman–Crippen MR) is 121 cm³/mol. The quantitative estimate of drug-likeness (QED) is 0.431. The number of morpholine rings is 1. The second kappa shape index (κ2) is 8.71. The van der Waals surface area contributed by atoms with Crippen molar-refractivity contribution in [2.45, 2.75) is 10.9 Å². The number of benzene rings is 2. The maximum Gasteiger partial charge on any atom is 0.261 e. The molecule has 2 aromatic carbocycles. The van der Waals surface area contributed by atoms with Gasteiger partial charge < -0.3 is 9.64 Å². The molecule has 1 aliphatic heterocycles. The molecule has 0 spiro atoms. The van der Waals surface area contributed by atoms with Gasteiger partial charge in [0.1, 0.15) is 11.6 Å². The van der Waals surface area contributed by atoms with Crippen LogP contribution >= 0.6 is 11.8 Å².